The van der Waals surface area contributed by atoms with Gasteiger partial charge in [-0.25, -0.2) is 13.1 Å². The molecule has 0 radical (unpaired) electrons. The summed E-state index contributed by atoms with van der Waals surface area (Å²) >= 11 is 0. The Kier molecular flexibility index (Phi) is 6.88. The molecule has 3 aromatic rings. The molecule has 2 heterocycles. The zero-order valence-corrected chi connectivity index (χ0v) is 19.2. The number of amides is 1. The second-order valence-electron chi connectivity index (χ2n) is 7.41. The predicted molar refractivity (Wildman–Crippen MR) is 125 cm³/mol. The lowest BCUT2D eigenvalue weighted by atomic mass is 10.2. The van der Waals surface area contributed by atoms with Crippen molar-refractivity contribution in [2.24, 2.45) is 4.99 Å². The van der Waals surface area contributed by atoms with Crippen molar-refractivity contribution < 1.29 is 22.7 Å². The fraction of sp³-hybridized carbons (Fsp3) is 0.174. The number of rotatable bonds is 8. The second kappa shape index (κ2) is 10.2. The molecule has 4 rings (SSSR count). The first-order valence-corrected chi connectivity index (χ1v) is 12.0. The number of carbonyl (C=O) groups is 2. The molecule has 0 fully saturated rings. The van der Waals surface area contributed by atoms with E-state index < -0.39 is 28.5 Å². The van der Waals surface area contributed by atoms with Crippen LogP contribution in [0.5, 0.6) is 0 Å². The maximum Gasteiger partial charge on any atom is 0.306 e. The molecule has 1 amide bonds. The lowest BCUT2D eigenvalue weighted by molar-refractivity contribution is -0.147. The van der Waals surface area contributed by atoms with Crippen LogP contribution in [0.15, 0.2) is 70.7 Å². The summed E-state index contributed by atoms with van der Waals surface area (Å²) in [5, 5.41) is 16.0. The molecule has 2 N–H and O–H groups in total. The standard InChI is InChI=1S/C23H20N6O5S/c24-13-16-14-26-29(17-7-2-1-3-8-17)23(16)27-20(30)15-34-21(31)11-6-12-25-22-18-9-4-5-10-19(18)35(32,33)28-22/h1-5,7-10,14H,6,11-12,15H2,(H,25,28)(H,27,30). The van der Waals surface area contributed by atoms with Crippen LogP contribution in [-0.2, 0) is 24.3 Å². The van der Waals surface area contributed by atoms with Gasteiger partial charge < -0.3 is 10.1 Å². The number of benzene rings is 2. The van der Waals surface area contributed by atoms with Crippen LogP contribution in [0.4, 0.5) is 5.82 Å². The van der Waals surface area contributed by atoms with Crippen molar-refractivity contribution in [3.05, 3.63) is 71.9 Å². The van der Waals surface area contributed by atoms with Crippen LogP contribution in [0.1, 0.15) is 24.0 Å². The quantitative estimate of drug-likeness (QED) is 0.358. The molecular weight excluding hydrogens is 472 g/mol. The summed E-state index contributed by atoms with van der Waals surface area (Å²) in [7, 11) is -3.62. The zero-order chi connectivity index (χ0) is 24.8. The van der Waals surface area contributed by atoms with Crippen molar-refractivity contribution in [1.29, 1.82) is 5.26 Å². The highest BCUT2D eigenvalue weighted by molar-refractivity contribution is 7.90. The number of nitrogens with one attached hydrogen (secondary N) is 2. The van der Waals surface area contributed by atoms with E-state index in [0.717, 1.165) is 0 Å². The van der Waals surface area contributed by atoms with Gasteiger partial charge in [0.15, 0.2) is 12.4 Å². The van der Waals surface area contributed by atoms with Gasteiger partial charge in [0.1, 0.15) is 17.5 Å². The SMILES string of the molecule is N#Cc1cnn(-c2ccccc2)c1NC(=O)COC(=O)CCCN=C1NS(=O)(=O)c2ccccc21. The molecule has 0 saturated heterocycles. The second-order valence-corrected chi connectivity index (χ2v) is 9.06. The third-order valence-corrected chi connectivity index (χ3v) is 6.38. The summed E-state index contributed by atoms with van der Waals surface area (Å²) < 4.78 is 33.0. The van der Waals surface area contributed by atoms with Gasteiger partial charge in [-0.2, -0.15) is 10.4 Å². The zero-order valence-electron chi connectivity index (χ0n) is 18.3. The number of nitrogens with zero attached hydrogens (tertiary/aromatic N) is 4. The van der Waals surface area contributed by atoms with Gasteiger partial charge in [0.25, 0.3) is 15.9 Å². The fourth-order valence-electron chi connectivity index (χ4n) is 3.37. The minimum atomic E-state index is -3.62. The number of fused-ring (bicyclic) bond motifs is 1. The number of nitriles is 1. The number of carbonyl (C=O) groups excluding carboxylic acids is 2. The highest BCUT2D eigenvalue weighted by atomic mass is 32.2. The number of hydrogen-bond donors (Lipinski definition) is 2. The number of amidine groups is 1. The number of ether oxygens (including phenoxy) is 1. The highest BCUT2D eigenvalue weighted by Gasteiger charge is 2.29. The van der Waals surface area contributed by atoms with E-state index in [1.807, 2.05) is 12.1 Å². The van der Waals surface area contributed by atoms with Gasteiger partial charge in [0, 0.05) is 18.5 Å². The Bertz CT molecular complexity index is 1440. The summed E-state index contributed by atoms with van der Waals surface area (Å²) in [6.45, 7) is -0.347. The van der Waals surface area contributed by atoms with Crippen molar-refractivity contribution >= 4 is 33.6 Å². The lowest BCUT2D eigenvalue weighted by Gasteiger charge is -2.10. The number of aromatic nitrogens is 2. The Morgan fingerprint density at radius 2 is 1.89 bits per heavy atom. The molecule has 0 aliphatic carbocycles. The van der Waals surface area contributed by atoms with Crippen LogP contribution < -0.4 is 10.0 Å². The van der Waals surface area contributed by atoms with Crippen LogP contribution in [0, 0.1) is 11.3 Å². The largest absolute Gasteiger partial charge is 0.456 e. The molecule has 0 saturated carbocycles. The molecule has 11 nitrogen and oxygen atoms in total. The predicted octanol–water partition coefficient (Wildman–Crippen LogP) is 1.74. The molecule has 0 bridgehead atoms. The summed E-state index contributed by atoms with van der Waals surface area (Å²) in [6, 6.07) is 17.4. The number of esters is 1. The van der Waals surface area contributed by atoms with Gasteiger partial charge in [0.2, 0.25) is 0 Å². The molecule has 0 spiro atoms. The Hall–Kier alpha value is -4.50. The van der Waals surface area contributed by atoms with Crippen molar-refractivity contribution in [2.75, 3.05) is 18.5 Å². The van der Waals surface area contributed by atoms with E-state index in [2.05, 4.69) is 20.1 Å². The van der Waals surface area contributed by atoms with Crippen LogP contribution in [0.2, 0.25) is 0 Å². The Morgan fingerprint density at radius 3 is 2.66 bits per heavy atom. The van der Waals surface area contributed by atoms with Crippen molar-refractivity contribution in [1.82, 2.24) is 14.5 Å². The number of hydrogen-bond acceptors (Lipinski definition) is 8. The first kappa shape index (κ1) is 23.7. The fourth-order valence-corrected chi connectivity index (χ4v) is 4.62. The van der Waals surface area contributed by atoms with E-state index >= 15 is 0 Å². The molecule has 178 valence electrons. The Balaban J connectivity index is 1.27. The third kappa shape index (κ3) is 5.36. The summed E-state index contributed by atoms with van der Waals surface area (Å²) in [4.78, 5) is 28.7. The van der Waals surface area contributed by atoms with Crippen molar-refractivity contribution in [2.45, 2.75) is 17.7 Å². The molecule has 1 aromatic heterocycles. The average molecular weight is 493 g/mol. The van der Waals surface area contributed by atoms with Gasteiger partial charge in [-0.3, -0.25) is 19.3 Å². The minimum Gasteiger partial charge on any atom is -0.456 e. The van der Waals surface area contributed by atoms with E-state index in [4.69, 9.17) is 4.74 Å². The number of sulfonamides is 1. The van der Waals surface area contributed by atoms with Gasteiger partial charge >= 0.3 is 5.97 Å². The third-order valence-electron chi connectivity index (χ3n) is 4.98. The molecule has 0 atom stereocenters. The Labute approximate surface area is 201 Å². The average Bonchev–Trinajstić information content (AvgIpc) is 3.38. The van der Waals surface area contributed by atoms with Crippen LogP contribution >= 0.6 is 0 Å². The van der Waals surface area contributed by atoms with E-state index in [1.54, 1.807) is 42.5 Å². The van der Waals surface area contributed by atoms with E-state index in [9.17, 15) is 23.3 Å². The van der Waals surface area contributed by atoms with E-state index in [0.29, 0.717) is 17.7 Å². The Morgan fingerprint density at radius 1 is 1.14 bits per heavy atom. The molecule has 12 heteroatoms. The van der Waals surface area contributed by atoms with Crippen molar-refractivity contribution in [3.8, 4) is 11.8 Å². The maximum atomic E-state index is 12.3. The lowest BCUT2D eigenvalue weighted by Crippen LogP contribution is -2.23. The molecular formula is C23H20N6O5S. The van der Waals surface area contributed by atoms with Crippen LogP contribution in [-0.4, -0.2) is 49.1 Å². The molecule has 2 aromatic carbocycles. The number of anilines is 1. The van der Waals surface area contributed by atoms with Gasteiger partial charge in [0.05, 0.1) is 16.8 Å². The molecule has 35 heavy (non-hydrogen) atoms. The molecule has 1 aliphatic rings. The molecule has 0 unspecified atom stereocenters. The smallest absolute Gasteiger partial charge is 0.306 e. The van der Waals surface area contributed by atoms with E-state index in [-0.39, 0.29) is 35.1 Å². The van der Waals surface area contributed by atoms with Crippen LogP contribution in [0.25, 0.3) is 5.69 Å². The number of aliphatic imine (C=N–C) groups is 1. The summed E-state index contributed by atoms with van der Waals surface area (Å²) in [6.07, 6.45) is 1.62. The van der Waals surface area contributed by atoms with E-state index in [1.165, 1.54) is 16.9 Å². The minimum absolute atomic E-state index is 0.0101. The van der Waals surface area contributed by atoms with Crippen LogP contribution in [0.3, 0.4) is 0 Å². The van der Waals surface area contributed by atoms with Gasteiger partial charge in [-0.05, 0) is 30.7 Å². The topological polar surface area (TPSA) is 156 Å². The van der Waals surface area contributed by atoms with Gasteiger partial charge in [-0.15, -0.1) is 0 Å². The normalized spacial score (nSPS) is 14.5. The summed E-state index contributed by atoms with van der Waals surface area (Å²) in [5.74, 6) is -0.818. The monoisotopic (exact) mass is 492 g/mol. The van der Waals surface area contributed by atoms with Gasteiger partial charge in [-0.1, -0.05) is 30.3 Å². The first-order chi connectivity index (χ1) is 16.9. The molecule has 1 aliphatic heterocycles. The highest BCUT2D eigenvalue weighted by Crippen LogP contribution is 2.22. The first-order valence-electron chi connectivity index (χ1n) is 10.5. The van der Waals surface area contributed by atoms with Crippen molar-refractivity contribution in [3.63, 3.8) is 0 Å². The summed E-state index contributed by atoms with van der Waals surface area (Å²) in [5.41, 5.74) is 1.30. The maximum absolute atomic E-state index is 12.3. The number of para-hydroxylation sites is 1.